The van der Waals surface area contributed by atoms with E-state index in [9.17, 15) is 0 Å². The first-order chi connectivity index (χ1) is 11.3. The van der Waals surface area contributed by atoms with Crippen molar-refractivity contribution >= 4 is 38.0 Å². The molecule has 2 heteroatoms. The van der Waals surface area contributed by atoms with Gasteiger partial charge < -0.3 is 11.1 Å². The Kier molecular flexibility index (Phi) is 3.40. The summed E-state index contributed by atoms with van der Waals surface area (Å²) in [6.07, 6.45) is 0. The second kappa shape index (κ2) is 5.56. The minimum atomic E-state index is 0.247. The lowest BCUT2D eigenvalue weighted by molar-refractivity contribution is 0.805. The van der Waals surface area contributed by atoms with Crippen molar-refractivity contribution in [2.75, 3.05) is 11.9 Å². The van der Waals surface area contributed by atoms with E-state index in [0.29, 0.717) is 6.54 Å². The lowest BCUT2D eigenvalue weighted by atomic mass is 9.97. The van der Waals surface area contributed by atoms with Crippen LogP contribution in [0.25, 0.3) is 32.3 Å². The zero-order valence-corrected chi connectivity index (χ0v) is 13.2. The van der Waals surface area contributed by atoms with E-state index in [4.69, 9.17) is 5.73 Å². The molecule has 0 saturated heterocycles. The fourth-order valence-corrected chi connectivity index (χ4v) is 3.25. The molecule has 0 radical (unpaired) electrons. The first kappa shape index (κ1) is 14.0. The van der Waals surface area contributed by atoms with E-state index in [-0.39, 0.29) is 6.04 Å². The summed E-state index contributed by atoms with van der Waals surface area (Å²) < 4.78 is 0. The van der Waals surface area contributed by atoms with Crippen molar-refractivity contribution in [3.63, 3.8) is 0 Å². The van der Waals surface area contributed by atoms with E-state index in [1.165, 1.54) is 32.3 Å². The Morgan fingerprint density at radius 1 is 0.826 bits per heavy atom. The number of hydrogen-bond donors (Lipinski definition) is 2. The van der Waals surface area contributed by atoms with E-state index in [0.717, 1.165) is 5.69 Å². The third kappa shape index (κ3) is 2.41. The van der Waals surface area contributed by atoms with Crippen LogP contribution in [-0.2, 0) is 0 Å². The molecular formula is C21H20N2. The summed E-state index contributed by atoms with van der Waals surface area (Å²) >= 11 is 0. The minimum Gasteiger partial charge on any atom is -0.381 e. The van der Waals surface area contributed by atoms with Crippen molar-refractivity contribution in [3.8, 4) is 0 Å². The van der Waals surface area contributed by atoms with Gasteiger partial charge in [0.2, 0.25) is 0 Å². The summed E-state index contributed by atoms with van der Waals surface area (Å²) in [5.41, 5.74) is 6.94. The highest BCUT2D eigenvalue weighted by molar-refractivity contribution is 6.16. The van der Waals surface area contributed by atoms with Gasteiger partial charge in [-0.1, -0.05) is 48.5 Å². The Morgan fingerprint density at radius 2 is 1.52 bits per heavy atom. The number of rotatable bonds is 3. The van der Waals surface area contributed by atoms with E-state index in [2.05, 4.69) is 79.0 Å². The number of fused-ring (bicyclic) bond motifs is 4. The summed E-state index contributed by atoms with van der Waals surface area (Å²) in [7, 11) is 0. The Hall–Kier alpha value is -2.58. The van der Waals surface area contributed by atoms with E-state index < -0.39 is 0 Å². The molecule has 0 heterocycles. The minimum absolute atomic E-state index is 0.247. The highest BCUT2D eigenvalue weighted by atomic mass is 14.9. The molecule has 4 aromatic rings. The number of nitrogens with one attached hydrogen (secondary N) is 1. The van der Waals surface area contributed by atoms with Crippen molar-refractivity contribution in [1.29, 1.82) is 0 Å². The van der Waals surface area contributed by atoms with Gasteiger partial charge in [-0.3, -0.25) is 0 Å². The van der Waals surface area contributed by atoms with Crippen molar-refractivity contribution in [1.82, 2.24) is 0 Å². The van der Waals surface area contributed by atoms with Crippen LogP contribution in [0.1, 0.15) is 6.92 Å². The second-order valence-corrected chi connectivity index (χ2v) is 6.17. The van der Waals surface area contributed by atoms with Crippen LogP contribution in [0.5, 0.6) is 0 Å². The average molecular weight is 300 g/mol. The molecule has 0 fully saturated rings. The van der Waals surface area contributed by atoms with Gasteiger partial charge in [-0.15, -0.1) is 0 Å². The predicted molar refractivity (Wildman–Crippen MR) is 101 cm³/mol. The monoisotopic (exact) mass is 300 g/mol. The molecule has 0 saturated carbocycles. The molecule has 0 spiro atoms. The normalized spacial score (nSPS) is 12.8. The largest absolute Gasteiger partial charge is 0.381 e. The number of nitrogens with two attached hydrogens (primary N) is 1. The van der Waals surface area contributed by atoms with Gasteiger partial charge in [0.05, 0.1) is 0 Å². The molecule has 0 aliphatic heterocycles. The van der Waals surface area contributed by atoms with E-state index >= 15 is 0 Å². The maximum atomic E-state index is 5.79. The first-order valence-corrected chi connectivity index (χ1v) is 8.07. The van der Waals surface area contributed by atoms with Crippen molar-refractivity contribution in [3.05, 3.63) is 66.7 Å². The molecule has 4 rings (SSSR count). The highest BCUT2D eigenvalue weighted by Crippen LogP contribution is 2.34. The summed E-state index contributed by atoms with van der Waals surface area (Å²) in [6.45, 7) is 2.73. The van der Waals surface area contributed by atoms with Crippen LogP contribution in [0.4, 0.5) is 5.69 Å². The molecule has 2 nitrogen and oxygen atoms in total. The van der Waals surface area contributed by atoms with Gasteiger partial charge in [0.1, 0.15) is 0 Å². The molecule has 0 aromatic heterocycles. The number of benzene rings is 4. The zero-order valence-electron chi connectivity index (χ0n) is 13.2. The predicted octanol–water partition coefficient (Wildman–Crippen LogP) is 4.91. The van der Waals surface area contributed by atoms with Gasteiger partial charge in [-0.05, 0) is 52.1 Å². The third-order valence-electron chi connectivity index (χ3n) is 4.48. The van der Waals surface area contributed by atoms with Crippen LogP contribution in [-0.4, -0.2) is 12.6 Å². The Balaban J connectivity index is 2.07. The molecule has 4 aromatic carbocycles. The van der Waals surface area contributed by atoms with Crippen molar-refractivity contribution in [2.45, 2.75) is 13.0 Å². The molecule has 114 valence electrons. The molecule has 3 N–H and O–H groups in total. The molecule has 0 bridgehead atoms. The van der Waals surface area contributed by atoms with Gasteiger partial charge in [-0.2, -0.15) is 0 Å². The molecule has 23 heavy (non-hydrogen) atoms. The van der Waals surface area contributed by atoms with Gasteiger partial charge in [0.25, 0.3) is 0 Å². The average Bonchev–Trinajstić information content (AvgIpc) is 2.59. The highest BCUT2D eigenvalue weighted by Gasteiger charge is 2.08. The topological polar surface area (TPSA) is 38.0 Å². The Labute approximate surface area is 135 Å². The first-order valence-electron chi connectivity index (χ1n) is 8.07. The molecule has 0 aliphatic rings. The summed E-state index contributed by atoms with van der Waals surface area (Å²) in [6, 6.07) is 24.2. The zero-order chi connectivity index (χ0) is 15.8. The van der Waals surface area contributed by atoms with Gasteiger partial charge in [-0.25, -0.2) is 0 Å². The quantitative estimate of drug-likeness (QED) is 0.417. The van der Waals surface area contributed by atoms with Crippen molar-refractivity contribution < 1.29 is 0 Å². The van der Waals surface area contributed by atoms with Crippen LogP contribution in [0.15, 0.2) is 66.7 Å². The second-order valence-electron chi connectivity index (χ2n) is 6.17. The number of anilines is 1. The van der Waals surface area contributed by atoms with Crippen LogP contribution >= 0.6 is 0 Å². The van der Waals surface area contributed by atoms with Crippen LogP contribution in [0.2, 0.25) is 0 Å². The summed E-state index contributed by atoms with van der Waals surface area (Å²) in [5, 5.41) is 11.2. The SMILES string of the molecule is CC(CN)Nc1cccc2ccc3cc4ccccc4cc3c12. The van der Waals surface area contributed by atoms with Crippen LogP contribution in [0.3, 0.4) is 0 Å². The van der Waals surface area contributed by atoms with Crippen LogP contribution < -0.4 is 11.1 Å². The fourth-order valence-electron chi connectivity index (χ4n) is 3.25. The van der Waals surface area contributed by atoms with Gasteiger partial charge in [0.15, 0.2) is 0 Å². The molecule has 0 aliphatic carbocycles. The molecule has 1 unspecified atom stereocenters. The fraction of sp³-hybridized carbons (Fsp3) is 0.143. The third-order valence-corrected chi connectivity index (χ3v) is 4.48. The summed E-state index contributed by atoms with van der Waals surface area (Å²) in [4.78, 5) is 0. The van der Waals surface area contributed by atoms with E-state index in [1.807, 2.05) is 0 Å². The van der Waals surface area contributed by atoms with Gasteiger partial charge >= 0.3 is 0 Å². The standard InChI is InChI=1S/C21H20N2/c1-14(13-22)23-20-8-4-7-15-9-10-18-11-16-5-2-3-6-17(16)12-19(18)21(15)20/h2-12,14,23H,13,22H2,1H3. The van der Waals surface area contributed by atoms with Gasteiger partial charge in [0, 0.05) is 23.7 Å². The Morgan fingerprint density at radius 3 is 2.30 bits per heavy atom. The van der Waals surface area contributed by atoms with Crippen molar-refractivity contribution in [2.24, 2.45) is 5.73 Å². The lowest BCUT2D eigenvalue weighted by Crippen LogP contribution is -2.25. The molecular weight excluding hydrogens is 280 g/mol. The van der Waals surface area contributed by atoms with Crippen LogP contribution in [0, 0.1) is 0 Å². The maximum absolute atomic E-state index is 5.79. The lowest BCUT2D eigenvalue weighted by Gasteiger charge is -2.17. The molecule has 1 atom stereocenters. The van der Waals surface area contributed by atoms with E-state index in [1.54, 1.807) is 0 Å². The number of hydrogen-bond acceptors (Lipinski definition) is 2. The summed E-state index contributed by atoms with van der Waals surface area (Å²) in [5.74, 6) is 0. The molecule has 0 amide bonds. The maximum Gasteiger partial charge on any atom is 0.0428 e. The smallest absolute Gasteiger partial charge is 0.0428 e. The Bertz CT molecular complexity index is 1000.